The van der Waals surface area contributed by atoms with Crippen LogP contribution in [0.2, 0.25) is 0 Å². The maximum absolute atomic E-state index is 4.83. The summed E-state index contributed by atoms with van der Waals surface area (Å²) in [6, 6.07) is 0.638. The van der Waals surface area contributed by atoms with Gasteiger partial charge < -0.3 is 10.6 Å². The number of nitrogens with zero attached hydrogens (tertiary/aromatic N) is 2. The Labute approximate surface area is 108 Å². The van der Waals surface area contributed by atoms with Gasteiger partial charge in [0.1, 0.15) is 0 Å². The van der Waals surface area contributed by atoms with Crippen LogP contribution in [0.25, 0.3) is 0 Å². The molecule has 1 aromatic rings. The van der Waals surface area contributed by atoms with Crippen LogP contribution in [0.4, 0.5) is 5.95 Å². The summed E-state index contributed by atoms with van der Waals surface area (Å²) in [7, 11) is 0. The fraction of sp³-hybridized carbons (Fsp3) is 0.714. The van der Waals surface area contributed by atoms with E-state index in [1.807, 2.05) is 0 Å². The molecule has 0 aromatic carbocycles. The highest BCUT2D eigenvalue weighted by molar-refractivity contribution is 5.39. The molecule has 2 fully saturated rings. The summed E-state index contributed by atoms with van der Waals surface area (Å²) < 4.78 is 0. The molecule has 0 unspecified atom stereocenters. The second kappa shape index (κ2) is 4.19. The van der Waals surface area contributed by atoms with E-state index in [1.54, 1.807) is 0 Å². The van der Waals surface area contributed by atoms with Crippen LogP contribution in [0.5, 0.6) is 0 Å². The first-order valence-corrected chi connectivity index (χ1v) is 7.27. The van der Waals surface area contributed by atoms with Crippen LogP contribution < -0.4 is 10.6 Å². The largest absolute Gasteiger partial charge is 0.351 e. The van der Waals surface area contributed by atoms with E-state index in [0.29, 0.717) is 12.0 Å². The topological polar surface area (TPSA) is 49.8 Å². The second-order valence-corrected chi connectivity index (χ2v) is 5.83. The van der Waals surface area contributed by atoms with Gasteiger partial charge in [-0.25, -0.2) is 9.97 Å². The van der Waals surface area contributed by atoms with Crippen LogP contribution in [0.1, 0.15) is 55.0 Å². The fourth-order valence-electron chi connectivity index (χ4n) is 2.86. The SMILES string of the molecule is C1CC(c2nc(NC3CC3)nc3c2CNCC3)C1. The standard InChI is InChI=1S/C14H20N4/c1-2-9(3-1)13-11-8-15-7-6-12(11)17-14(18-13)16-10-4-5-10/h9-10,15H,1-8H2,(H,16,17,18). The molecular weight excluding hydrogens is 224 g/mol. The minimum Gasteiger partial charge on any atom is -0.351 e. The highest BCUT2D eigenvalue weighted by Gasteiger charge is 2.29. The quantitative estimate of drug-likeness (QED) is 0.853. The molecule has 0 bridgehead atoms. The molecule has 2 heterocycles. The van der Waals surface area contributed by atoms with Gasteiger partial charge in [0.25, 0.3) is 0 Å². The number of hydrogen-bond donors (Lipinski definition) is 2. The van der Waals surface area contributed by atoms with Crippen molar-refractivity contribution in [3.8, 4) is 0 Å². The maximum atomic E-state index is 4.83. The Morgan fingerprint density at radius 1 is 1.11 bits per heavy atom. The van der Waals surface area contributed by atoms with Gasteiger partial charge in [-0.3, -0.25) is 0 Å². The molecule has 3 aliphatic rings. The van der Waals surface area contributed by atoms with Gasteiger partial charge in [-0.05, 0) is 25.7 Å². The molecule has 0 amide bonds. The molecule has 4 nitrogen and oxygen atoms in total. The van der Waals surface area contributed by atoms with Crippen molar-refractivity contribution in [1.82, 2.24) is 15.3 Å². The summed E-state index contributed by atoms with van der Waals surface area (Å²) >= 11 is 0. The third-order valence-corrected chi connectivity index (χ3v) is 4.37. The Morgan fingerprint density at radius 3 is 2.72 bits per heavy atom. The summed E-state index contributed by atoms with van der Waals surface area (Å²) in [4.78, 5) is 9.56. The third kappa shape index (κ3) is 1.88. The Hall–Kier alpha value is -1.16. The summed E-state index contributed by atoms with van der Waals surface area (Å²) in [6.07, 6.45) is 7.60. The van der Waals surface area contributed by atoms with Crippen LogP contribution >= 0.6 is 0 Å². The first kappa shape index (κ1) is 10.7. The molecule has 4 heteroatoms. The summed E-state index contributed by atoms with van der Waals surface area (Å²) in [5.74, 6) is 1.58. The first-order valence-electron chi connectivity index (χ1n) is 7.27. The lowest BCUT2D eigenvalue weighted by Gasteiger charge is -2.29. The van der Waals surface area contributed by atoms with Crippen LogP contribution in [-0.2, 0) is 13.0 Å². The molecule has 1 aliphatic heterocycles. The van der Waals surface area contributed by atoms with E-state index in [-0.39, 0.29) is 0 Å². The lowest BCUT2D eigenvalue weighted by atomic mass is 9.80. The number of fused-ring (bicyclic) bond motifs is 1. The molecule has 0 radical (unpaired) electrons. The first-order chi connectivity index (χ1) is 8.90. The molecule has 0 atom stereocenters. The monoisotopic (exact) mass is 244 g/mol. The number of hydrogen-bond acceptors (Lipinski definition) is 4. The zero-order chi connectivity index (χ0) is 11.9. The predicted molar refractivity (Wildman–Crippen MR) is 70.7 cm³/mol. The predicted octanol–water partition coefficient (Wildman–Crippen LogP) is 1.96. The summed E-state index contributed by atoms with van der Waals surface area (Å²) in [6.45, 7) is 2.02. The van der Waals surface area contributed by atoms with Gasteiger partial charge in [0.15, 0.2) is 0 Å². The van der Waals surface area contributed by atoms with Gasteiger partial charge in [-0.1, -0.05) is 6.42 Å². The Bertz CT molecular complexity index is 463. The van der Waals surface area contributed by atoms with Crippen molar-refractivity contribution in [2.75, 3.05) is 11.9 Å². The van der Waals surface area contributed by atoms with E-state index in [9.17, 15) is 0 Å². The van der Waals surface area contributed by atoms with E-state index in [4.69, 9.17) is 9.97 Å². The highest BCUT2D eigenvalue weighted by Crippen LogP contribution is 2.38. The molecule has 18 heavy (non-hydrogen) atoms. The second-order valence-electron chi connectivity index (χ2n) is 5.83. The molecule has 0 saturated heterocycles. The molecule has 2 N–H and O–H groups in total. The third-order valence-electron chi connectivity index (χ3n) is 4.37. The van der Waals surface area contributed by atoms with Crippen molar-refractivity contribution in [1.29, 1.82) is 0 Å². The Balaban J connectivity index is 1.71. The van der Waals surface area contributed by atoms with Gasteiger partial charge in [-0.2, -0.15) is 0 Å². The lowest BCUT2D eigenvalue weighted by molar-refractivity contribution is 0.404. The van der Waals surface area contributed by atoms with Gasteiger partial charge in [0, 0.05) is 37.0 Å². The number of anilines is 1. The van der Waals surface area contributed by atoms with Gasteiger partial charge >= 0.3 is 0 Å². The Morgan fingerprint density at radius 2 is 2.00 bits per heavy atom. The molecule has 1 aromatic heterocycles. The van der Waals surface area contributed by atoms with Crippen LogP contribution in [0, 0.1) is 0 Å². The molecule has 2 aliphatic carbocycles. The lowest BCUT2D eigenvalue weighted by Crippen LogP contribution is -2.29. The van der Waals surface area contributed by atoms with Crippen molar-refractivity contribution >= 4 is 5.95 Å². The zero-order valence-corrected chi connectivity index (χ0v) is 10.7. The van der Waals surface area contributed by atoms with Crippen molar-refractivity contribution in [3.63, 3.8) is 0 Å². The van der Waals surface area contributed by atoms with Crippen molar-refractivity contribution < 1.29 is 0 Å². The van der Waals surface area contributed by atoms with Crippen molar-refractivity contribution in [3.05, 3.63) is 17.0 Å². The zero-order valence-electron chi connectivity index (χ0n) is 10.7. The minimum absolute atomic E-state index is 0.638. The Kier molecular flexibility index (Phi) is 2.50. The molecule has 4 rings (SSSR count). The van der Waals surface area contributed by atoms with E-state index in [2.05, 4.69) is 10.6 Å². The number of aromatic nitrogens is 2. The average Bonchev–Trinajstić information content (AvgIpc) is 3.11. The van der Waals surface area contributed by atoms with Crippen LogP contribution in [0.15, 0.2) is 0 Å². The van der Waals surface area contributed by atoms with Crippen LogP contribution in [0.3, 0.4) is 0 Å². The minimum atomic E-state index is 0.638. The van der Waals surface area contributed by atoms with Gasteiger partial charge in [0.05, 0.1) is 11.4 Å². The van der Waals surface area contributed by atoms with E-state index < -0.39 is 0 Å². The van der Waals surface area contributed by atoms with Crippen molar-refractivity contribution in [2.45, 2.75) is 57.0 Å². The smallest absolute Gasteiger partial charge is 0.223 e. The fourth-order valence-corrected chi connectivity index (χ4v) is 2.86. The van der Waals surface area contributed by atoms with E-state index in [1.165, 1.54) is 49.1 Å². The number of rotatable bonds is 3. The number of nitrogens with one attached hydrogen (secondary N) is 2. The molecular formula is C14H20N4. The maximum Gasteiger partial charge on any atom is 0.223 e. The summed E-state index contributed by atoms with van der Waals surface area (Å²) in [5, 5.41) is 6.92. The normalized spacial score (nSPS) is 23.3. The summed E-state index contributed by atoms with van der Waals surface area (Å²) in [5.41, 5.74) is 4.02. The molecule has 96 valence electrons. The van der Waals surface area contributed by atoms with Gasteiger partial charge in [0.2, 0.25) is 5.95 Å². The average molecular weight is 244 g/mol. The molecule has 2 saturated carbocycles. The van der Waals surface area contributed by atoms with Crippen molar-refractivity contribution in [2.24, 2.45) is 0 Å². The van der Waals surface area contributed by atoms with E-state index >= 15 is 0 Å². The van der Waals surface area contributed by atoms with Crippen LogP contribution in [-0.4, -0.2) is 22.6 Å². The highest BCUT2D eigenvalue weighted by atomic mass is 15.1. The van der Waals surface area contributed by atoms with E-state index in [0.717, 1.165) is 25.5 Å². The molecule has 0 spiro atoms. The van der Waals surface area contributed by atoms with Gasteiger partial charge in [-0.15, -0.1) is 0 Å².